The molecule has 2 amide bonds. The Kier molecular flexibility index (Phi) is 4.61. The molecule has 0 heterocycles. The third-order valence-electron chi connectivity index (χ3n) is 2.37. The Hall–Kier alpha value is -1.95. The molecule has 0 aromatic heterocycles. The summed E-state index contributed by atoms with van der Waals surface area (Å²) in [5.74, 6) is -0.645. The lowest BCUT2D eigenvalue weighted by Crippen LogP contribution is -2.51. The summed E-state index contributed by atoms with van der Waals surface area (Å²) in [5, 5.41) is 14.1. The fourth-order valence-electron chi connectivity index (χ4n) is 1.24. The average molecular weight is 287 g/mol. The van der Waals surface area contributed by atoms with Crippen molar-refractivity contribution in [2.45, 2.75) is 19.4 Å². The van der Waals surface area contributed by atoms with E-state index < -0.39 is 17.5 Å². The number of aliphatic carboxylic acids is 1. The third kappa shape index (κ3) is 4.03. The Morgan fingerprint density at radius 2 is 2.00 bits per heavy atom. The summed E-state index contributed by atoms with van der Waals surface area (Å²) >= 11 is 5.91. The minimum absolute atomic E-state index is 0.345. The van der Waals surface area contributed by atoms with Gasteiger partial charge in [0.2, 0.25) is 0 Å². The van der Waals surface area contributed by atoms with Gasteiger partial charge in [-0.3, -0.25) is 0 Å². The van der Waals surface area contributed by atoms with Crippen molar-refractivity contribution in [1.29, 1.82) is 0 Å². The molecule has 104 valence electrons. The number of anilines is 1. The number of urea groups is 1. The quantitative estimate of drug-likeness (QED) is 0.793. The van der Waals surface area contributed by atoms with E-state index in [4.69, 9.17) is 21.4 Å². The maximum absolute atomic E-state index is 11.6. The zero-order valence-electron chi connectivity index (χ0n) is 10.8. The standard InChI is InChI=1S/C12H15ClN2O4/c1-12(2,10(16)17)15-11(18)14-7-4-5-9(19-3)8(13)6-7/h4-6H,1-3H3,(H,16,17)(H2,14,15,18). The average Bonchev–Trinajstić information content (AvgIpc) is 2.28. The molecule has 0 fully saturated rings. The highest BCUT2D eigenvalue weighted by atomic mass is 35.5. The number of carboxylic acids is 1. The van der Waals surface area contributed by atoms with Gasteiger partial charge in [-0.05, 0) is 32.0 Å². The van der Waals surface area contributed by atoms with Crippen LogP contribution in [0.15, 0.2) is 18.2 Å². The number of methoxy groups -OCH3 is 1. The van der Waals surface area contributed by atoms with Crippen molar-refractivity contribution in [1.82, 2.24) is 5.32 Å². The first-order valence-electron chi connectivity index (χ1n) is 5.42. The van der Waals surface area contributed by atoms with E-state index in [0.29, 0.717) is 16.5 Å². The lowest BCUT2D eigenvalue weighted by atomic mass is 10.1. The lowest BCUT2D eigenvalue weighted by molar-refractivity contribution is -0.142. The summed E-state index contributed by atoms with van der Waals surface area (Å²) in [7, 11) is 1.48. The van der Waals surface area contributed by atoms with Crippen LogP contribution in [0.3, 0.4) is 0 Å². The predicted molar refractivity (Wildman–Crippen MR) is 71.9 cm³/mol. The summed E-state index contributed by atoms with van der Waals surface area (Å²) in [6.07, 6.45) is 0. The summed E-state index contributed by atoms with van der Waals surface area (Å²) < 4.78 is 4.98. The molecule has 1 aromatic rings. The minimum Gasteiger partial charge on any atom is -0.495 e. The van der Waals surface area contributed by atoms with E-state index in [1.807, 2.05) is 0 Å². The van der Waals surface area contributed by atoms with Crippen LogP contribution < -0.4 is 15.4 Å². The monoisotopic (exact) mass is 286 g/mol. The highest BCUT2D eigenvalue weighted by Gasteiger charge is 2.28. The molecule has 0 aliphatic heterocycles. The van der Waals surface area contributed by atoms with Crippen molar-refractivity contribution in [2.24, 2.45) is 0 Å². The van der Waals surface area contributed by atoms with Gasteiger partial charge in [-0.15, -0.1) is 0 Å². The molecule has 0 spiro atoms. The molecule has 1 rings (SSSR count). The minimum atomic E-state index is -1.36. The SMILES string of the molecule is COc1ccc(NC(=O)NC(C)(C)C(=O)O)cc1Cl. The molecule has 19 heavy (non-hydrogen) atoms. The van der Waals surface area contributed by atoms with Crippen LogP contribution in [0, 0.1) is 0 Å². The molecule has 0 saturated heterocycles. The largest absolute Gasteiger partial charge is 0.495 e. The molecule has 0 bridgehead atoms. The van der Waals surface area contributed by atoms with Gasteiger partial charge in [-0.2, -0.15) is 0 Å². The molecule has 0 saturated carbocycles. The summed E-state index contributed by atoms with van der Waals surface area (Å²) in [6, 6.07) is 4.07. The molecule has 0 unspecified atom stereocenters. The first-order chi connectivity index (χ1) is 8.76. The smallest absolute Gasteiger partial charge is 0.328 e. The van der Waals surface area contributed by atoms with Crippen LogP contribution in [0.4, 0.5) is 10.5 Å². The predicted octanol–water partition coefficient (Wildman–Crippen LogP) is 2.33. The fraction of sp³-hybridized carbons (Fsp3) is 0.333. The van der Waals surface area contributed by atoms with Gasteiger partial charge in [-0.25, -0.2) is 9.59 Å². The van der Waals surface area contributed by atoms with Gasteiger partial charge >= 0.3 is 12.0 Å². The fourth-order valence-corrected chi connectivity index (χ4v) is 1.50. The van der Waals surface area contributed by atoms with Crippen molar-refractivity contribution in [3.8, 4) is 5.75 Å². The Bertz CT molecular complexity index is 503. The molecule has 0 atom stereocenters. The number of nitrogens with one attached hydrogen (secondary N) is 2. The van der Waals surface area contributed by atoms with Gasteiger partial charge in [0.15, 0.2) is 0 Å². The van der Waals surface area contributed by atoms with E-state index in [-0.39, 0.29) is 0 Å². The Morgan fingerprint density at radius 1 is 1.37 bits per heavy atom. The number of hydrogen-bond donors (Lipinski definition) is 3. The Morgan fingerprint density at radius 3 is 2.47 bits per heavy atom. The van der Waals surface area contributed by atoms with Crippen molar-refractivity contribution < 1.29 is 19.4 Å². The van der Waals surface area contributed by atoms with Crippen LogP contribution in [-0.2, 0) is 4.79 Å². The van der Waals surface area contributed by atoms with E-state index in [9.17, 15) is 9.59 Å². The summed E-state index contributed by atoms with van der Waals surface area (Å²) in [6.45, 7) is 2.77. The van der Waals surface area contributed by atoms with E-state index in [1.54, 1.807) is 12.1 Å². The number of amides is 2. The van der Waals surface area contributed by atoms with Crippen LogP contribution in [0.1, 0.15) is 13.8 Å². The van der Waals surface area contributed by atoms with Gasteiger partial charge < -0.3 is 20.5 Å². The van der Waals surface area contributed by atoms with Gasteiger partial charge in [0.25, 0.3) is 0 Å². The number of carbonyl (C=O) groups is 2. The second-order valence-corrected chi connectivity index (χ2v) is 4.77. The highest BCUT2D eigenvalue weighted by molar-refractivity contribution is 6.32. The van der Waals surface area contributed by atoms with Gasteiger partial charge in [0, 0.05) is 5.69 Å². The number of rotatable bonds is 4. The Labute approximate surface area is 115 Å². The Balaban J connectivity index is 2.73. The topological polar surface area (TPSA) is 87.7 Å². The van der Waals surface area contributed by atoms with E-state index in [2.05, 4.69) is 10.6 Å². The maximum atomic E-state index is 11.6. The number of benzene rings is 1. The highest BCUT2D eigenvalue weighted by Crippen LogP contribution is 2.27. The van der Waals surface area contributed by atoms with Crippen LogP contribution >= 0.6 is 11.6 Å². The maximum Gasteiger partial charge on any atom is 0.328 e. The molecular weight excluding hydrogens is 272 g/mol. The molecule has 3 N–H and O–H groups in total. The summed E-state index contributed by atoms with van der Waals surface area (Å²) in [4.78, 5) is 22.5. The van der Waals surface area contributed by atoms with E-state index in [1.165, 1.54) is 27.0 Å². The molecule has 6 nitrogen and oxygen atoms in total. The van der Waals surface area contributed by atoms with Crippen LogP contribution in [0.2, 0.25) is 5.02 Å². The molecule has 0 aliphatic carbocycles. The second kappa shape index (κ2) is 5.79. The molecule has 0 radical (unpaired) electrons. The molecule has 1 aromatic carbocycles. The van der Waals surface area contributed by atoms with Crippen LogP contribution in [0.25, 0.3) is 0 Å². The van der Waals surface area contributed by atoms with Crippen molar-refractivity contribution in [2.75, 3.05) is 12.4 Å². The number of carbonyl (C=O) groups excluding carboxylic acids is 1. The zero-order valence-corrected chi connectivity index (χ0v) is 11.5. The van der Waals surface area contributed by atoms with Crippen LogP contribution in [-0.4, -0.2) is 29.8 Å². The first kappa shape index (κ1) is 15.1. The van der Waals surface area contributed by atoms with Crippen LogP contribution in [0.5, 0.6) is 5.75 Å². The number of hydrogen-bond acceptors (Lipinski definition) is 3. The van der Waals surface area contributed by atoms with Crippen molar-refractivity contribution >= 4 is 29.3 Å². The van der Waals surface area contributed by atoms with Gasteiger partial charge in [0.1, 0.15) is 11.3 Å². The number of halogens is 1. The summed E-state index contributed by atoms with van der Waals surface area (Å²) in [5.41, 5.74) is -0.926. The normalized spacial score (nSPS) is 10.7. The van der Waals surface area contributed by atoms with E-state index in [0.717, 1.165) is 0 Å². The van der Waals surface area contributed by atoms with Gasteiger partial charge in [0.05, 0.1) is 12.1 Å². The second-order valence-electron chi connectivity index (χ2n) is 4.36. The van der Waals surface area contributed by atoms with Crippen molar-refractivity contribution in [3.63, 3.8) is 0 Å². The van der Waals surface area contributed by atoms with Crippen molar-refractivity contribution in [3.05, 3.63) is 23.2 Å². The number of ether oxygens (including phenoxy) is 1. The van der Waals surface area contributed by atoms with Gasteiger partial charge in [-0.1, -0.05) is 11.6 Å². The lowest BCUT2D eigenvalue weighted by Gasteiger charge is -2.21. The first-order valence-corrected chi connectivity index (χ1v) is 5.80. The zero-order chi connectivity index (χ0) is 14.6. The molecular formula is C12H15ClN2O4. The molecule has 0 aliphatic rings. The number of carboxylic acid groups (broad SMARTS) is 1. The third-order valence-corrected chi connectivity index (χ3v) is 2.67. The molecule has 7 heteroatoms. The van der Waals surface area contributed by atoms with E-state index >= 15 is 0 Å².